The number of nitrogens with zero attached hydrogens (tertiary/aromatic N) is 4. The smallest absolute Gasteiger partial charge is 0.355 e. The van der Waals surface area contributed by atoms with Crippen molar-refractivity contribution in [1.82, 2.24) is 14.7 Å². The van der Waals surface area contributed by atoms with E-state index < -0.39 is 38.6 Å². The number of carbonyl (C=O) groups excluding carboxylic acids is 3. The highest BCUT2D eigenvalue weighted by molar-refractivity contribution is 9.10. The van der Waals surface area contributed by atoms with Crippen LogP contribution in [0.5, 0.6) is 0 Å². The number of amides is 1. The number of aromatic nitrogens is 2. The molecule has 3 atom stereocenters. The highest BCUT2D eigenvalue weighted by Gasteiger charge is 2.69. The molecule has 4 heterocycles. The van der Waals surface area contributed by atoms with Gasteiger partial charge >= 0.3 is 11.9 Å². The number of rotatable bonds is 7. The molecule has 12 nitrogen and oxygen atoms in total. The molecule has 0 aliphatic carbocycles. The molecule has 188 valence electrons. The molecule has 36 heavy (non-hydrogen) atoms. The average Bonchev–Trinajstić information content (AvgIpc) is 3.48. The van der Waals surface area contributed by atoms with Crippen LogP contribution in [-0.4, -0.2) is 53.8 Å². The monoisotopic (exact) mass is 578 g/mol. The van der Waals surface area contributed by atoms with Crippen molar-refractivity contribution in [2.24, 2.45) is 0 Å². The summed E-state index contributed by atoms with van der Waals surface area (Å²) < 4.78 is 16.6. The molecule has 0 N–H and O–H groups in total. The lowest BCUT2D eigenvalue weighted by Gasteiger charge is -2.51. The lowest BCUT2D eigenvalue weighted by Crippen LogP contribution is -2.70. The molecule has 0 spiro atoms. The van der Waals surface area contributed by atoms with Crippen molar-refractivity contribution < 1.29 is 33.5 Å². The van der Waals surface area contributed by atoms with E-state index in [-0.39, 0.29) is 24.7 Å². The zero-order valence-electron chi connectivity index (χ0n) is 18.8. The normalized spacial score (nSPS) is 23.2. The topological polar surface area (TPSA) is 143 Å². The first-order chi connectivity index (χ1) is 17.2. The number of alkyl halides is 1. The number of hydrogen-bond donors (Lipinski definition) is 0. The quantitative estimate of drug-likeness (QED) is 0.158. The molecule has 3 aliphatic rings. The van der Waals surface area contributed by atoms with Gasteiger partial charge in [0.15, 0.2) is 10.4 Å². The van der Waals surface area contributed by atoms with Crippen molar-refractivity contribution >= 4 is 51.2 Å². The van der Waals surface area contributed by atoms with Crippen LogP contribution in [0.2, 0.25) is 0 Å². The first-order valence-electron chi connectivity index (χ1n) is 10.8. The van der Waals surface area contributed by atoms with Crippen LogP contribution in [0.25, 0.3) is 0 Å². The number of hydrogen-bond acceptors (Lipinski definition) is 10. The van der Waals surface area contributed by atoms with Crippen molar-refractivity contribution in [3.8, 4) is 0 Å². The number of thioether (sulfide) groups is 1. The van der Waals surface area contributed by atoms with Gasteiger partial charge in [-0.15, -0.1) is 11.8 Å². The van der Waals surface area contributed by atoms with Crippen molar-refractivity contribution in [3.05, 3.63) is 68.5 Å². The van der Waals surface area contributed by atoms with Crippen LogP contribution in [0.1, 0.15) is 30.0 Å². The molecule has 0 radical (unpaired) electrons. The fraction of sp³-hybridized carbons (Fsp3) is 0.364. The van der Waals surface area contributed by atoms with Gasteiger partial charge in [0.25, 0.3) is 11.6 Å². The summed E-state index contributed by atoms with van der Waals surface area (Å²) in [5.41, 5.74) is 1.86. The van der Waals surface area contributed by atoms with Gasteiger partial charge in [-0.2, -0.15) is 5.10 Å². The van der Waals surface area contributed by atoms with Gasteiger partial charge in [-0.3, -0.25) is 24.6 Å². The molecule has 0 bridgehead atoms. The van der Waals surface area contributed by atoms with Gasteiger partial charge in [-0.1, -0.05) is 15.9 Å². The average molecular weight is 579 g/mol. The molecule has 3 unspecified atom stereocenters. The molecule has 2 aromatic rings. The number of non-ortho nitro benzene ring substituents is 1. The zero-order valence-corrected chi connectivity index (χ0v) is 21.2. The molecule has 1 aromatic carbocycles. The molecule has 1 fully saturated rings. The second-order valence-corrected chi connectivity index (χ2v) is 10.5. The van der Waals surface area contributed by atoms with E-state index in [1.54, 1.807) is 10.7 Å². The van der Waals surface area contributed by atoms with Crippen molar-refractivity contribution in [2.75, 3.05) is 6.61 Å². The van der Waals surface area contributed by atoms with Gasteiger partial charge in [-0.05, 0) is 23.8 Å². The summed E-state index contributed by atoms with van der Waals surface area (Å²) >= 11 is 4.75. The predicted molar refractivity (Wildman–Crippen MR) is 127 cm³/mol. The molecule has 14 heteroatoms. The second kappa shape index (κ2) is 9.33. The van der Waals surface area contributed by atoms with Gasteiger partial charge in [0.2, 0.25) is 0 Å². The molecule has 0 saturated carbocycles. The van der Waals surface area contributed by atoms with E-state index in [0.29, 0.717) is 24.3 Å². The van der Waals surface area contributed by atoms with Gasteiger partial charge in [0.1, 0.15) is 30.1 Å². The summed E-state index contributed by atoms with van der Waals surface area (Å²) in [7, 11) is 0. The van der Waals surface area contributed by atoms with Crippen LogP contribution < -0.4 is 0 Å². The number of nitro groups is 1. The number of benzene rings is 1. The first kappa shape index (κ1) is 24.5. The Labute approximate surface area is 216 Å². The van der Waals surface area contributed by atoms with Gasteiger partial charge in [-0.25, -0.2) is 9.48 Å². The van der Waals surface area contributed by atoms with E-state index in [4.69, 9.17) is 14.2 Å². The summed E-state index contributed by atoms with van der Waals surface area (Å²) in [5, 5.41) is 16.2. The number of halogens is 1. The summed E-state index contributed by atoms with van der Waals surface area (Å²) in [6.07, 6.45) is -0.391. The molecular weight excluding hydrogens is 560 g/mol. The standard InChI is InChI=1S/C22H19BrN4O8S/c1-12(28)35-18(16-8-15-6-7-33-11-25(15)24-16)22(23)20(30)26-17(10-36-21(22)26)19(29)34-9-13-2-4-14(5-3-13)27(31)32/h2-5,8,10,18,21H,6-7,9,11H2,1H3. The molecule has 1 amide bonds. The zero-order chi connectivity index (χ0) is 25.6. The third-order valence-corrected chi connectivity index (χ3v) is 8.66. The Morgan fingerprint density at radius 2 is 2.14 bits per heavy atom. The highest BCUT2D eigenvalue weighted by Crippen LogP contribution is 2.58. The van der Waals surface area contributed by atoms with Crippen LogP contribution >= 0.6 is 27.7 Å². The second-order valence-electron chi connectivity index (χ2n) is 8.27. The van der Waals surface area contributed by atoms with Gasteiger partial charge in [0.05, 0.1) is 11.5 Å². The molecule has 1 saturated heterocycles. The van der Waals surface area contributed by atoms with Gasteiger partial charge in [0, 0.05) is 36.6 Å². The largest absolute Gasteiger partial charge is 0.456 e. The number of β-lactam (4-membered cyclic amide) rings is 1. The fourth-order valence-electron chi connectivity index (χ4n) is 4.20. The lowest BCUT2D eigenvalue weighted by molar-refractivity contribution is -0.384. The summed E-state index contributed by atoms with van der Waals surface area (Å²) in [6, 6.07) is 7.41. The number of nitro benzene ring substituents is 1. The Kier molecular flexibility index (Phi) is 6.34. The Bertz CT molecular complexity index is 1270. The van der Waals surface area contributed by atoms with E-state index in [0.717, 1.165) is 5.69 Å². The SMILES string of the molecule is CC(=O)OC(c1cc2n(n1)COCC2)C1(Br)C(=O)N2C(C(=O)OCc3ccc([N+](=O)[O-])cc3)=CSC21. The maximum absolute atomic E-state index is 13.4. The first-order valence-corrected chi connectivity index (χ1v) is 12.5. The predicted octanol–water partition coefficient (Wildman–Crippen LogP) is 2.56. The Hall–Kier alpha value is -3.23. The van der Waals surface area contributed by atoms with E-state index in [9.17, 15) is 24.5 Å². The molecule has 5 rings (SSSR count). The van der Waals surface area contributed by atoms with Crippen molar-refractivity contribution in [3.63, 3.8) is 0 Å². The Morgan fingerprint density at radius 1 is 1.39 bits per heavy atom. The third-order valence-electron chi connectivity index (χ3n) is 5.97. The van der Waals surface area contributed by atoms with Gasteiger partial charge < -0.3 is 14.2 Å². The number of ether oxygens (including phenoxy) is 3. The molecular formula is C22H19BrN4O8S. The summed E-state index contributed by atoms with van der Waals surface area (Å²) in [4.78, 5) is 49.7. The summed E-state index contributed by atoms with van der Waals surface area (Å²) in [6.45, 7) is 1.94. The lowest BCUT2D eigenvalue weighted by atomic mass is 9.88. The summed E-state index contributed by atoms with van der Waals surface area (Å²) in [5.74, 6) is -1.76. The van der Waals surface area contributed by atoms with Crippen LogP contribution in [0.4, 0.5) is 5.69 Å². The van der Waals surface area contributed by atoms with Crippen LogP contribution in [0, 0.1) is 10.1 Å². The minimum absolute atomic E-state index is 0.0612. The number of carbonyl (C=O) groups is 3. The van der Waals surface area contributed by atoms with E-state index in [1.807, 2.05) is 0 Å². The van der Waals surface area contributed by atoms with Crippen LogP contribution in [-0.2, 0) is 48.4 Å². The van der Waals surface area contributed by atoms with Crippen LogP contribution in [0.3, 0.4) is 0 Å². The van der Waals surface area contributed by atoms with E-state index in [2.05, 4.69) is 21.0 Å². The minimum Gasteiger partial charge on any atom is -0.456 e. The maximum Gasteiger partial charge on any atom is 0.355 e. The number of esters is 2. The third kappa shape index (κ3) is 4.08. The molecule has 1 aromatic heterocycles. The van der Waals surface area contributed by atoms with Crippen molar-refractivity contribution in [2.45, 2.75) is 42.5 Å². The highest BCUT2D eigenvalue weighted by atomic mass is 79.9. The Balaban J connectivity index is 1.30. The number of fused-ring (bicyclic) bond motifs is 2. The van der Waals surface area contributed by atoms with E-state index in [1.165, 1.54) is 53.3 Å². The van der Waals surface area contributed by atoms with Crippen LogP contribution in [0.15, 0.2) is 41.4 Å². The fourth-order valence-corrected chi connectivity index (χ4v) is 6.47. The maximum atomic E-state index is 13.4. The minimum atomic E-state index is -1.34. The Morgan fingerprint density at radius 3 is 2.81 bits per heavy atom. The van der Waals surface area contributed by atoms with Crippen molar-refractivity contribution in [1.29, 1.82) is 0 Å². The molecule has 3 aliphatic heterocycles. The van der Waals surface area contributed by atoms with E-state index >= 15 is 0 Å².